The van der Waals surface area contributed by atoms with Crippen molar-refractivity contribution in [2.24, 2.45) is 0 Å². The van der Waals surface area contributed by atoms with E-state index in [9.17, 15) is 18.4 Å². The molecule has 0 aromatic heterocycles. The van der Waals surface area contributed by atoms with Crippen LogP contribution >= 0.6 is 0 Å². The zero-order valence-corrected chi connectivity index (χ0v) is 16.3. The summed E-state index contributed by atoms with van der Waals surface area (Å²) in [6, 6.07) is 18.1. The van der Waals surface area contributed by atoms with Crippen LogP contribution in [-0.4, -0.2) is 16.8 Å². The number of nitrogens with zero attached hydrogens (tertiary/aromatic N) is 1. The number of hydrogen-bond donors (Lipinski definition) is 1. The molecule has 1 saturated heterocycles. The third-order valence-corrected chi connectivity index (χ3v) is 4.74. The summed E-state index contributed by atoms with van der Waals surface area (Å²) in [5.74, 6) is -0.686. The second-order valence-electron chi connectivity index (χ2n) is 6.96. The molecule has 0 atom stereocenters. The molecule has 3 amide bonds. The summed E-state index contributed by atoms with van der Waals surface area (Å²) in [7, 11) is 0. The van der Waals surface area contributed by atoms with Gasteiger partial charge in [-0.25, -0.2) is 13.6 Å². The molecule has 0 spiro atoms. The van der Waals surface area contributed by atoms with E-state index in [-0.39, 0.29) is 24.7 Å². The first-order chi connectivity index (χ1) is 15.0. The molecule has 0 unspecified atom stereocenters. The first-order valence-corrected chi connectivity index (χ1v) is 9.55. The summed E-state index contributed by atoms with van der Waals surface area (Å²) in [5, 5.41) is 2.57. The summed E-state index contributed by atoms with van der Waals surface area (Å²) < 4.78 is 32.0. The van der Waals surface area contributed by atoms with Gasteiger partial charge in [-0.1, -0.05) is 42.5 Å². The summed E-state index contributed by atoms with van der Waals surface area (Å²) >= 11 is 0. The van der Waals surface area contributed by atoms with Crippen LogP contribution in [0.2, 0.25) is 0 Å². The van der Waals surface area contributed by atoms with Gasteiger partial charge in [0.15, 0.2) is 0 Å². The van der Waals surface area contributed by atoms with Gasteiger partial charge in [-0.05, 0) is 47.5 Å². The zero-order chi connectivity index (χ0) is 21.8. The van der Waals surface area contributed by atoms with E-state index < -0.39 is 17.8 Å². The highest BCUT2D eigenvalue weighted by Crippen LogP contribution is 2.24. The minimum Gasteiger partial charge on any atom is -0.488 e. The molecule has 1 fully saturated rings. The van der Waals surface area contributed by atoms with Crippen molar-refractivity contribution in [2.75, 3.05) is 0 Å². The van der Waals surface area contributed by atoms with Crippen LogP contribution in [0.15, 0.2) is 78.5 Å². The van der Waals surface area contributed by atoms with Gasteiger partial charge in [-0.2, -0.15) is 0 Å². The Balaban J connectivity index is 1.50. The van der Waals surface area contributed by atoms with Gasteiger partial charge in [0, 0.05) is 5.56 Å². The van der Waals surface area contributed by atoms with Gasteiger partial charge >= 0.3 is 6.03 Å². The van der Waals surface area contributed by atoms with Gasteiger partial charge in [0.1, 0.15) is 29.7 Å². The molecule has 31 heavy (non-hydrogen) atoms. The highest BCUT2D eigenvalue weighted by Gasteiger charge is 2.33. The fourth-order valence-electron chi connectivity index (χ4n) is 3.12. The number of ether oxygens (including phenoxy) is 1. The van der Waals surface area contributed by atoms with Gasteiger partial charge in [0.05, 0.1) is 6.54 Å². The summed E-state index contributed by atoms with van der Waals surface area (Å²) in [6.45, 7) is 0.252. The van der Waals surface area contributed by atoms with Crippen molar-refractivity contribution in [3.8, 4) is 5.75 Å². The normalized spacial score (nSPS) is 14.8. The molecule has 3 aromatic rings. The van der Waals surface area contributed by atoms with Crippen molar-refractivity contribution in [3.63, 3.8) is 0 Å². The lowest BCUT2D eigenvalue weighted by molar-refractivity contribution is -0.123. The summed E-state index contributed by atoms with van der Waals surface area (Å²) in [5.41, 5.74) is 2.15. The van der Waals surface area contributed by atoms with Crippen LogP contribution in [0, 0.1) is 11.6 Å². The molecular formula is C24H18F2N2O3. The summed E-state index contributed by atoms with van der Waals surface area (Å²) in [6.07, 6.45) is 1.55. The Morgan fingerprint density at radius 3 is 2.13 bits per heavy atom. The Kier molecular flexibility index (Phi) is 5.75. The monoisotopic (exact) mass is 420 g/mol. The van der Waals surface area contributed by atoms with Crippen LogP contribution in [0.5, 0.6) is 5.75 Å². The quantitative estimate of drug-likeness (QED) is 0.467. The molecule has 1 heterocycles. The van der Waals surface area contributed by atoms with Crippen molar-refractivity contribution in [1.29, 1.82) is 0 Å². The molecule has 1 aliphatic rings. The van der Waals surface area contributed by atoms with Crippen molar-refractivity contribution >= 4 is 18.0 Å². The van der Waals surface area contributed by atoms with Gasteiger partial charge in [-0.3, -0.25) is 9.69 Å². The van der Waals surface area contributed by atoms with Crippen molar-refractivity contribution in [3.05, 3.63) is 107 Å². The van der Waals surface area contributed by atoms with E-state index in [4.69, 9.17) is 4.74 Å². The Morgan fingerprint density at radius 1 is 0.839 bits per heavy atom. The number of nitrogens with one attached hydrogen (secondary N) is 1. The number of rotatable bonds is 6. The predicted molar refractivity (Wildman–Crippen MR) is 111 cm³/mol. The minimum absolute atomic E-state index is 0.0327. The topological polar surface area (TPSA) is 58.6 Å². The van der Waals surface area contributed by atoms with E-state index in [1.54, 1.807) is 42.5 Å². The molecule has 0 bridgehead atoms. The number of urea groups is 1. The molecule has 7 heteroatoms. The lowest BCUT2D eigenvalue weighted by Crippen LogP contribution is -2.30. The number of hydrogen-bond acceptors (Lipinski definition) is 3. The van der Waals surface area contributed by atoms with E-state index in [0.29, 0.717) is 16.9 Å². The Morgan fingerprint density at radius 2 is 1.45 bits per heavy atom. The molecular weight excluding hydrogens is 402 g/mol. The average Bonchev–Trinajstić information content (AvgIpc) is 3.03. The number of imide groups is 1. The third-order valence-electron chi connectivity index (χ3n) is 4.74. The number of carbonyl (C=O) groups is 2. The van der Waals surface area contributed by atoms with Crippen LogP contribution in [0.4, 0.5) is 13.6 Å². The van der Waals surface area contributed by atoms with E-state index in [0.717, 1.165) is 10.5 Å². The Bertz CT molecular complexity index is 1140. The number of halogens is 2. The molecule has 1 aliphatic heterocycles. The summed E-state index contributed by atoms with van der Waals surface area (Å²) in [4.78, 5) is 26.1. The first-order valence-electron chi connectivity index (χ1n) is 9.55. The molecule has 1 N–H and O–H groups in total. The SMILES string of the molecule is O=C1N/C(=C/c2ccccc2OCc2ccc(F)cc2)C(=O)N1Cc1ccc(F)cc1. The second kappa shape index (κ2) is 8.79. The zero-order valence-electron chi connectivity index (χ0n) is 16.3. The minimum atomic E-state index is -0.551. The van der Waals surface area contributed by atoms with E-state index in [1.165, 1.54) is 36.4 Å². The van der Waals surface area contributed by atoms with Crippen LogP contribution in [-0.2, 0) is 17.9 Å². The van der Waals surface area contributed by atoms with E-state index >= 15 is 0 Å². The molecule has 4 rings (SSSR count). The van der Waals surface area contributed by atoms with Crippen LogP contribution < -0.4 is 10.1 Å². The second-order valence-corrected chi connectivity index (χ2v) is 6.96. The molecule has 3 aromatic carbocycles. The lowest BCUT2D eigenvalue weighted by atomic mass is 10.1. The molecule has 5 nitrogen and oxygen atoms in total. The predicted octanol–water partition coefficient (Wildman–Crippen LogP) is 4.64. The maximum atomic E-state index is 13.1. The smallest absolute Gasteiger partial charge is 0.329 e. The lowest BCUT2D eigenvalue weighted by Gasteiger charge is -2.12. The number of para-hydroxylation sites is 1. The molecule has 0 saturated carbocycles. The van der Waals surface area contributed by atoms with Gasteiger partial charge in [0.2, 0.25) is 0 Å². The maximum absolute atomic E-state index is 13.1. The number of benzene rings is 3. The van der Waals surface area contributed by atoms with Crippen LogP contribution in [0.1, 0.15) is 16.7 Å². The third kappa shape index (κ3) is 4.78. The van der Waals surface area contributed by atoms with Gasteiger partial charge in [0.25, 0.3) is 5.91 Å². The number of carbonyl (C=O) groups excluding carboxylic acids is 2. The van der Waals surface area contributed by atoms with Crippen molar-refractivity contribution in [2.45, 2.75) is 13.2 Å². The Labute approximate surface area is 177 Å². The Hall–Kier alpha value is -4.00. The van der Waals surface area contributed by atoms with Crippen LogP contribution in [0.25, 0.3) is 6.08 Å². The van der Waals surface area contributed by atoms with Crippen molar-refractivity contribution in [1.82, 2.24) is 10.2 Å². The maximum Gasteiger partial charge on any atom is 0.329 e. The van der Waals surface area contributed by atoms with Gasteiger partial charge < -0.3 is 10.1 Å². The van der Waals surface area contributed by atoms with E-state index in [2.05, 4.69) is 5.32 Å². The fourth-order valence-corrected chi connectivity index (χ4v) is 3.12. The van der Waals surface area contributed by atoms with Crippen molar-refractivity contribution < 1.29 is 23.1 Å². The largest absolute Gasteiger partial charge is 0.488 e. The van der Waals surface area contributed by atoms with E-state index in [1.807, 2.05) is 0 Å². The molecule has 0 radical (unpaired) electrons. The van der Waals surface area contributed by atoms with Gasteiger partial charge in [-0.15, -0.1) is 0 Å². The molecule has 156 valence electrons. The standard InChI is InChI=1S/C24H18F2N2O3/c25-19-9-5-16(6-10-19)14-28-23(29)21(27-24(28)30)13-18-3-1-2-4-22(18)31-15-17-7-11-20(26)12-8-17/h1-13H,14-15H2,(H,27,30)/b21-13+. The highest BCUT2D eigenvalue weighted by molar-refractivity contribution is 6.14. The van der Waals surface area contributed by atoms with Crippen LogP contribution in [0.3, 0.4) is 0 Å². The highest BCUT2D eigenvalue weighted by atomic mass is 19.1. The first kappa shape index (κ1) is 20.3. The average molecular weight is 420 g/mol. The fraction of sp³-hybridized carbons (Fsp3) is 0.0833. The molecule has 0 aliphatic carbocycles. The number of amides is 3.